The van der Waals surface area contributed by atoms with Crippen molar-refractivity contribution in [2.24, 2.45) is 4.99 Å². The molecule has 11 nitrogen and oxygen atoms in total. The number of methoxy groups -OCH3 is 1. The molecule has 31 heavy (non-hydrogen) atoms. The maximum Gasteiger partial charge on any atom is 0.364 e. The smallest absolute Gasteiger partial charge is 0.364 e. The van der Waals surface area contributed by atoms with E-state index in [1.165, 1.54) is 26.3 Å². The molecule has 172 valence electrons. The summed E-state index contributed by atoms with van der Waals surface area (Å²) in [5, 5.41) is 1.17. The number of aliphatic imine (C=N–C) groups is 1. The van der Waals surface area contributed by atoms with E-state index in [9.17, 15) is 18.0 Å². The molecular formula is C19H27N3O8S. The maximum absolute atomic E-state index is 12.7. The van der Waals surface area contributed by atoms with Crippen LogP contribution in [0.25, 0.3) is 0 Å². The van der Waals surface area contributed by atoms with Gasteiger partial charge in [0.15, 0.2) is 5.84 Å². The summed E-state index contributed by atoms with van der Waals surface area (Å²) < 4.78 is 40.9. The average molecular weight is 458 g/mol. The predicted molar refractivity (Wildman–Crippen MR) is 112 cm³/mol. The van der Waals surface area contributed by atoms with Crippen LogP contribution in [0.2, 0.25) is 0 Å². The summed E-state index contributed by atoms with van der Waals surface area (Å²) in [7, 11) is 0.631. The molecule has 1 atom stereocenters. The zero-order valence-electron chi connectivity index (χ0n) is 18.4. The van der Waals surface area contributed by atoms with Crippen molar-refractivity contribution in [1.29, 1.82) is 0 Å². The molecule has 0 radical (unpaired) electrons. The molecule has 1 aliphatic rings. The normalized spacial score (nSPS) is 18.4. The number of rotatable bonds is 9. The fourth-order valence-corrected chi connectivity index (χ4v) is 3.49. The van der Waals surface area contributed by atoms with E-state index >= 15 is 0 Å². The van der Waals surface area contributed by atoms with Crippen LogP contribution < -0.4 is 9.04 Å². The minimum Gasteiger partial charge on any atom is -0.496 e. The average Bonchev–Trinajstić information content (AvgIpc) is 3.03. The molecule has 0 saturated heterocycles. The molecule has 0 fully saturated rings. The van der Waals surface area contributed by atoms with Gasteiger partial charge in [-0.2, -0.15) is 0 Å². The van der Waals surface area contributed by atoms with Gasteiger partial charge in [0, 0.05) is 14.1 Å². The zero-order valence-corrected chi connectivity index (χ0v) is 19.2. The number of esters is 2. The van der Waals surface area contributed by atoms with Crippen LogP contribution in [0, 0.1) is 0 Å². The molecule has 2 rings (SSSR count). The number of carbonyl (C=O) groups excluding carboxylic acids is 2. The molecule has 1 aromatic carbocycles. The molecule has 1 aliphatic heterocycles. The Morgan fingerprint density at radius 3 is 2.42 bits per heavy atom. The first-order valence-electron chi connectivity index (χ1n) is 9.47. The van der Waals surface area contributed by atoms with Gasteiger partial charge in [-0.25, -0.2) is 28.1 Å². The van der Waals surface area contributed by atoms with E-state index in [0.29, 0.717) is 0 Å². The van der Waals surface area contributed by atoms with Crippen LogP contribution in [0.1, 0.15) is 25.8 Å². The highest BCUT2D eigenvalue weighted by Gasteiger charge is 2.51. The number of carbonyl (C=O) groups is 2. The minimum absolute atomic E-state index is 0.0397. The highest BCUT2D eigenvalue weighted by Crippen LogP contribution is 2.37. The van der Waals surface area contributed by atoms with Crippen LogP contribution in [0.4, 0.5) is 5.69 Å². The highest BCUT2D eigenvalue weighted by molar-refractivity contribution is 7.92. The molecule has 0 aromatic heterocycles. The summed E-state index contributed by atoms with van der Waals surface area (Å²) in [6, 6.07) is 4.79. The van der Waals surface area contributed by atoms with Gasteiger partial charge in [0.1, 0.15) is 12.2 Å². The van der Waals surface area contributed by atoms with Crippen molar-refractivity contribution in [2.75, 3.05) is 45.0 Å². The van der Waals surface area contributed by atoms with Gasteiger partial charge in [0.2, 0.25) is 10.0 Å². The van der Waals surface area contributed by atoms with Crippen molar-refractivity contribution in [3.8, 4) is 5.75 Å². The molecule has 0 saturated carbocycles. The van der Waals surface area contributed by atoms with Gasteiger partial charge in [-0.05, 0) is 26.0 Å². The topological polar surface area (TPSA) is 124 Å². The second-order valence-electron chi connectivity index (χ2n) is 6.60. The molecule has 1 aromatic rings. The lowest BCUT2D eigenvalue weighted by molar-refractivity contribution is -0.207. The van der Waals surface area contributed by atoms with Crippen molar-refractivity contribution in [1.82, 2.24) is 5.06 Å². The fraction of sp³-hybridized carbons (Fsp3) is 0.526. The Labute approximate surface area is 181 Å². The summed E-state index contributed by atoms with van der Waals surface area (Å²) in [5.74, 6) is -1.21. The van der Waals surface area contributed by atoms with Crippen LogP contribution in [-0.2, 0) is 33.9 Å². The molecule has 0 N–H and O–H groups in total. The summed E-state index contributed by atoms with van der Waals surface area (Å²) in [6.45, 7) is 3.39. The second-order valence-corrected chi connectivity index (χ2v) is 8.61. The molecule has 0 aliphatic carbocycles. The number of ether oxygens (including phenoxy) is 3. The lowest BCUT2D eigenvalue weighted by atomic mass is 10.1. The number of hydrogen-bond acceptors (Lipinski definition) is 10. The van der Waals surface area contributed by atoms with Crippen molar-refractivity contribution in [2.45, 2.75) is 26.0 Å². The predicted octanol–water partition coefficient (Wildman–Crippen LogP) is 0.927. The van der Waals surface area contributed by atoms with Gasteiger partial charge in [0.05, 0.1) is 37.8 Å². The van der Waals surface area contributed by atoms with Crippen LogP contribution in [-0.4, -0.2) is 77.7 Å². The van der Waals surface area contributed by atoms with Crippen molar-refractivity contribution >= 4 is 33.5 Å². The largest absolute Gasteiger partial charge is 0.496 e. The van der Waals surface area contributed by atoms with Crippen LogP contribution >= 0.6 is 0 Å². The van der Waals surface area contributed by atoms with Gasteiger partial charge >= 0.3 is 11.9 Å². The van der Waals surface area contributed by atoms with E-state index in [-0.39, 0.29) is 36.0 Å². The summed E-state index contributed by atoms with van der Waals surface area (Å²) >= 11 is 0. The fourth-order valence-electron chi connectivity index (χ4n) is 2.98. The highest BCUT2D eigenvalue weighted by atomic mass is 32.2. The van der Waals surface area contributed by atoms with E-state index in [2.05, 4.69) is 4.99 Å². The molecule has 0 spiro atoms. The van der Waals surface area contributed by atoms with E-state index in [1.807, 2.05) is 0 Å². The Kier molecular flexibility index (Phi) is 7.49. The van der Waals surface area contributed by atoms with Crippen molar-refractivity contribution < 1.29 is 37.1 Å². The van der Waals surface area contributed by atoms with Crippen LogP contribution in [0.3, 0.4) is 0 Å². The summed E-state index contributed by atoms with van der Waals surface area (Å²) in [4.78, 5) is 35.0. The van der Waals surface area contributed by atoms with E-state index < -0.39 is 34.1 Å². The van der Waals surface area contributed by atoms with E-state index in [1.54, 1.807) is 32.0 Å². The third-order valence-electron chi connectivity index (χ3n) is 4.44. The second kappa shape index (κ2) is 9.52. The van der Waals surface area contributed by atoms with E-state index in [4.69, 9.17) is 19.0 Å². The number of anilines is 1. The number of amidine groups is 1. The Morgan fingerprint density at radius 1 is 1.23 bits per heavy atom. The first-order valence-corrected chi connectivity index (χ1v) is 11.3. The Hall–Kier alpha value is -2.86. The number of benzene rings is 1. The molecular weight excluding hydrogens is 430 g/mol. The lowest BCUT2D eigenvalue weighted by Crippen LogP contribution is -2.43. The van der Waals surface area contributed by atoms with Gasteiger partial charge in [-0.1, -0.05) is 6.07 Å². The van der Waals surface area contributed by atoms with Gasteiger partial charge < -0.3 is 14.2 Å². The van der Waals surface area contributed by atoms with Crippen LogP contribution in [0.15, 0.2) is 23.2 Å². The molecule has 0 amide bonds. The summed E-state index contributed by atoms with van der Waals surface area (Å²) in [5.41, 5.74) is -1.52. The number of sulfonamides is 1. The minimum atomic E-state index is -3.63. The molecule has 1 unspecified atom stereocenters. The number of nitrogens with zero attached hydrogens (tertiary/aromatic N) is 3. The monoisotopic (exact) mass is 457 g/mol. The maximum atomic E-state index is 12.7. The Bertz CT molecular complexity index is 978. The van der Waals surface area contributed by atoms with Crippen molar-refractivity contribution in [3.63, 3.8) is 0 Å². The van der Waals surface area contributed by atoms with Gasteiger partial charge in [0.25, 0.3) is 5.72 Å². The van der Waals surface area contributed by atoms with Crippen molar-refractivity contribution in [3.05, 3.63) is 23.8 Å². The molecule has 1 heterocycles. The molecule has 0 bridgehead atoms. The lowest BCUT2D eigenvalue weighted by Gasteiger charge is -2.24. The first-order chi connectivity index (χ1) is 14.5. The van der Waals surface area contributed by atoms with Gasteiger partial charge in [-0.15, -0.1) is 0 Å². The third kappa shape index (κ3) is 5.07. The van der Waals surface area contributed by atoms with Crippen LogP contribution in [0.5, 0.6) is 5.75 Å². The number of hydrogen-bond donors (Lipinski definition) is 0. The SMILES string of the molecule is CCOC(=O)CC1(C(=O)OCC)N=C(c2c(OC)cccc2N(C)S(C)(=O)=O)N(C)O1. The quantitative estimate of drug-likeness (QED) is 0.498. The number of hydroxylamine groups is 2. The van der Waals surface area contributed by atoms with Gasteiger partial charge in [-0.3, -0.25) is 9.10 Å². The zero-order chi connectivity index (χ0) is 23.4. The van der Waals surface area contributed by atoms with E-state index in [0.717, 1.165) is 10.6 Å². The Balaban J connectivity index is 2.70. The summed E-state index contributed by atoms with van der Waals surface area (Å²) in [6.07, 6.45) is 0.524. The Morgan fingerprint density at radius 2 is 1.87 bits per heavy atom. The third-order valence-corrected chi connectivity index (χ3v) is 5.63. The standard InChI is InChI=1S/C19H27N3O8S/c1-7-28-15(23)12-19(18(24)29-8-2)20-17(21(3)30-19)16-13(22(4)31(6,25)26)10-9-11-14(16)27-5/h9-11H,7-8,12H2,1-6H3. The first kappa shape index (κ1) is 24.4. The molecule has 12 heteroatoms.